The third-order valence-electron chi connectivity index (χ3n) is 2.50. The van der Waals surface area contributed by atoms with Gasteiger partial charge in [-0.15, -0.1) is 11.3 Å². The van der Waals surface area contributed by atoms with Gasteiger partial charge in [0.15, 0.2) is 0 Å². The van der Waals surface area contributed by atoms with E-state index in [1.165, 1.54) is 23.5 Å². The Hall–Kier alpha value is -0.560. The highest BCUT2D eigenvalue weighted by Gasteiger charge is 2.33. The number of hydrogen-bond acceptors (Lipinski definition) is 2. The van der Waals surface area contributed by atoms with Crippen LogP contribution in [0, 0.1) is 0 Å². The molecule has 0 fully saturated rings. The van der Waals surface area contributed by atoms with Crippen molar-refractivity contribution in [3.05, 3.63) is 55.1 Å². The van der Waals surface area contributed by atoms with Crippen molar-refractivity contribution >= 4 is 38.9 Å². The van der Waals surface area contributed by atoms with E-state index in [2.05, 4.69) is 15.9 Å². The number of aliphatic hydroxyl groups is 1. The molecule has 2 aromatic rings. The number of benzene rings is 1. The van der Waals surface area contributed by atoms with Crippen molar-refractivity contribution in [2.75, 3.05) is 0 Å². The number of halogens is 5. The van der Waals surface area contributed by atoms with Crippen LogP contribution in [0.2, 0.25) is 5.02 Å². The molecule has 0 aliphatic heterocycles. The summed E-state index contributed by atoms with van der Waals surface area (Å²) < 4.78 is 38.3. The summed E-state index contributed by atoms with van der Waals surface area (Å²) in [5.74, 6) is 0. The fraction of sp³-hybridized carbons (Fsp3) is 0.167. The van der Waals surface area contributed by atoms with E-state index in [0.717, 1.165) is 6.07 Å². The Labute approximate surface area is 124 Å². The van der Waals surface area contributed by atoms with Crippen LogP contribution < -0.4 is 0 Å². The Bertz CT molecular complexity index is 597. The van der Waals surface area contributed by atoms with Gasteiger partial charge in [0.1, 0.15) is 6.10 Å². The highest BCUT2D eigenvalue weighted by Crippen LogP contribution is 2.39. The molecule has 1 aromatic carbocycles. The average Bonchev–Trinajstić information content (AvgIpc) is 2.73. The van der Waals surface area contributed by atoms with E-state index in [4.69, 9.17) is 11.6 Å². The molecule has 0 saturated heterocycles. The minimum absolute atomic E-state index is 0.0618. The molecule has 1 unspecified atom stereocenters. The third-order valence-corrected chi connectivity index (χ3v) is 4.61. The van der Waals surface area contributed by atoms with E-state index >= 15 is 0 Å². The maximum Gasteiger partial charge on any atom is 0.417 e. The Morgan fingerprint density at radius 3 is 2.47 bits per heavy atom. The van der Waals surface area contributed by atoms with Crippen LogP contribution in [0.4, 0.5) is 13.2 Å². The zero-order chi connectivity index (χ0) is 14.2. The number of alkyl halides is 3. The fourth-order valence-electron chi connectivity index (χ4n) is 1.58. The molecule has 1 aromatic heterocycles. The molecule has 19 heavy (non-hydrogen) atoms. The van der Waals surface area contributed by atoms with Crippen molar-refractivity contribution in [2.24, 2.45) is 0 Å². The highest BCUT2D eigenvalue weighted by molar-refractivity contribution is 9.10. The van der Waals surface area contributed by atoms with Gasteiger partial charge in [0, 0.05) is 4.47 Å². The van der Waals surface area contributed by atoms with Crippen molar-refractivity contribution in [3.8, 4) is 0 Å². The second kappa shape index (κ2) is 5.44. The first-order valence-corrected chi connectivity index (χ1v) is 7.13. The van der Waals surface area contributed by atoms with Crippen LogP contribution in [0.1, 0.15) is 22.1 Å². The molecule has 0 bridgehead atoms. The molecule has 1 nitrogen and oxygen atoms in total. The van der Waals surface area contributed by atoms with Gasteiger partial charge in [-0.05, 0) is 29.1 Å². The Kier molecular flexibility index (Phi) is 4.25. The van der Waals surface area contributed by atoms with Crippen LogP contribution in [-0.2, 0) is 6.18 Å². The standard InChI is InChI=1S/C12H7BrClF3OS/c13-8-2-1-6(5-7(8)12(15,16)17)10(18)11-9(14)3-4-19-11/h1-5,10,18H. The first-order chi connectivity index (χ1) is 8.80. The summed E-state index contributed by atoms with van der Waals surface area (Å²) in [6, 6.07) is 5.21. The minimum Gasteiger partial charge on any atom is -0.383 e. The number of hydrogen-bond donors (Lipinski definition) is 1. The summed E-state index contributed by atoms with van der Waals surface area (Å²) in [5.41, 5.74) is -0.670. The molecule has 1 atom stereocenters. The molecular formula is C12H7BrClF3OS. The average molecular weight is 372 g/mol. The smallest absolute Gasteiger partial charge is 0.383 e. The lowest BCUT2D eigenvalue weighted by atomic mass is 10.0. The van der Waals surface area contributed by atoms with E-state index in [9.17, 15) is 18.3 Å². The zero-order valence-corrected chi connectivity index (χ0v) is 12.4. The van der Waals surface area contributed by atoms with Gasteiger partial charge in [-0.1, -0.05) is 33.6 Å². The van der Waals surface area contributed by atoms with Crippen molar-refractivity contribution in [2.45, 2.75) is 12.3 Å². The first kappa shape index (κ1) is 14.8. The van der Waals surface area contributed by atoms with E-state index in [-0.39, 0.29) is 10.0 Å². The topological polar surface area (TPSA) is 20.2 Å². The summed E-state index contributed by atoms with van der Waals surface area (Å²) in [6.45, 7) is 0. The van der Waals surface area contributed by atoms with Gasteiger partial charge in [-0.3, -0.25) is 0 Å². The van der Waals surface area contributed by atoms with Crippen LogP contribution >= 0.6 is 38.9 Å². The van der Waals surface area contributed by atoms with Crippen LogP contribution in [0.15, 0.2) is 34.1 Å². The summed E-state index contributed by atoms with van der Waals surface area (Å²) in [6.07, 6.45) is -5.64. The second-order valence-electron chi connectivity index (χ2n) is 3.77. The monoisotopic (exact) mass is 370 g/mol. The van der Waals surface area contributed by atoms with E-state index < -0.39 is 17.8 Å². The van der Waals surface area contributed by atoms with Gasteiger partial charge >= 0.3 is 6.18 Å². The molecule has 0 radical (unpaired) electrons. The van der Waals surface area contributed by atoms with Crippen LogP contribution in [-0.4, -0.2) is 5.11 Å². The van der Waals surface area contributed by atoms with E-state index in [0.29, 0.717) is 9.90 Å². The molecule has 7 heteroatoms. The molecular weight excluding hydrogens is 365 g/mol. The SMILES string of the molecule is OC(c1ccc(Br)c(C(F)(F)F)c1)c1sccc1Cl. The van der Waals surface area contributed by atoms with Gasteiger partial charge in [0.25, 0.3) is 0 Å². The highest BCUT2D eigenvalue weighted by atomic mass is 79.9. The molecule has 0 aliphatic carbocycles. The maximum absolute atomic E-state index is 12.8. The van der Waals surface area contributed by atoms with Gasteiger partial charge in [0.2, 0.25) is 0 Å². The second-order valence-corrected chi connectivity index (χ2v) is 5.98. The molecule has 2 rings (SSSR count). The molecule has 1 heterocycles. The number of thiophene rings is 1. The lowest BCUT2D eigenvalue weighted by Crippen LogP contribution is -2.08. The molecule has 102 valence electrons. The minimum atomic E-state index is -4.48. The fourth-order valence-corrected chi connectivity index (χ4v) is 3.22. The zero-order valence-electron chi connectivity index (χ0n) is 9.21. The molecule has 1 N–H and O–H groups in total. The van der Waals surface area contributed by atoms with E-state index in [1.807, 2.05) is 0 Å². The maximum atomic E-state index is 12.8. The number of aliphatic hydroxyl groups excluding tert-OH is 1. The molecule has 0 amide bonds. The normalized spacial score (nSPS) is 13.6. The van der Waals surface area contributed by atoms with Crippen molar-refractivity contribution in [3.63, 3.8) is 0 Å². The van der Waals surface area contributed by atoms with Gasteiger partial charge < -0.3 is 5.11 Å². The molecule has 0 saturated carbocycles. The van der Waals surface area contributed by atoms with Gasteiger partial charge in [0.05, 0.1) is 15.5 Å². The summed E-state index contributed by atoms with van der Waals surface area (Å²) in [5, 5.41) is 12.1. The summed E-state index contributed by atoms with van der Waals surface area (Å²) >= 11 is 9.91. The quantitative estimate of drug-likeness (QED) is 0.763. The van der Waals surface area contributed by atoms with Crippen molar-refractivity contribution < 1.29 is 18.3 Å². The van der Waals surface area contributed by atoms with Crippen LogP contribution in [0.3, 0.4) is 0 Å². The first-order valence-electron chi connectivity index (χ1n) is 5.08. The van der Waals surface area contributed by atoms with Crippen molar-refractivity contribution in [1.82, 2.24) is 0 Å². The lowest BCUT2D eigenvalue weighted by molar-refractivity contribution is -0.138. The lowest BCUT2D eigenvalue weighted by Gasteiger charge is -2.14. The predicted molar refractivity (Wildman–Crippen MR) is 72.5 cm³/mol. The van der Waals surface area contributed by atoms with Gasteiger partial charge in [-0.2, -0.15) is 13.2 Å². The number of rotatable bonds is 2. The Balaban J connectivity index is 2.44. The summed E-state index contributed by atoms with van der Waals surface area (Å²) in [7, 11) is 0. The largest absolute Gasteiger partial charge is 0.417 e. The van der Waals surface area contributed by atoms with Crippen LogP contribution in [0.5, 0.6) is 0 Å². The Morgan fingerprint density at radius 2 is 1.95 bits per heavy atom. The van der Waals surface area contributed by atoms with Crippen LogP contribution in [0.25, 0.3) is 0 Å². The van der Waals surface area contributed by atoms with Gasteiger partial charge in [-0.25, -0.2) is 0 Å². The third kappa shape index (κ3) is 3.13. The molecule has 0 spiro atoms. The summed E-state index contributed by atoms with van der Waals surface area (Å²) in [4.78, 5) is 0.428. The molecule has 0 aliphatic rings. The Morgan fingerprint density at radius 1 is 1.26 bits per heavy atom. The van der Waals surface area contributed by atoms with E-state index in [1.54, 1.807) is 11.4 Å². The predicted octanol–water partition coefficient (Wildman–Crippen LogP) is 5.26. The van der Waals surface area contributed by atoms with Crippen molar-refractivity contribution in [1.29, 1.82) is 0 Å².